The Morgan fingerprint density at radius 2 is 1.88 bits per heavy atom. The van der Waals surface area contributed by atoms with Gasteiger partial charge in [0.15, 0.2) is 0 Å². The maximum Gasteiger partial charge on any atom is 0.149 e. The molecule has 0 aromatic heterocycles. The Bertz CT molecular complexity index is 218. The lowest BCUT2D eigenvalue weighted by Crippen LogP contribution is -2.40. The van der Waals surface area contributed by atoms with Crippen molar-refractivity contribution in [3.05, 3.63) is 0 Å². The lowest BCUT2D eigenvalue weighted by atomic mass is 9.96. The molecule has 1 heterocycles. The van der Waals surface area contributed by atoms with Gasteiger partial charge in [0.2, 0.25) is 0 Å². The maximum atomic E-state index is 11.6. The number of carbonyl (C=O) groups is 1. The fourth-order valence-corrected chi connectivity index (χ4v) is 2.25. The van der Waals surface area contributed by atoms with Gasteiger partial charge in [-0.1, -0.05) is 13.8 Å². The molecule has 0 spiro atoms. The molecule has 1 aliphatic heterocycles. The van der Waals surface area contributed by atoms with Gasteiger partial charge in [-0.25, -0.2) is 0 Å². The number of carbonyl (C=O) groups excluding carboxylic acids is 1. The van der Waals surface area contributed by atoms with Gasteiger partial charge in [0, 0.05) is 12.5 Å². The van der Waals surface area contributed by atoms with Gasteiger partial charge in [-0.15, -0.1) is 0 Å². The summed E-state index contributed by atoms with van der Waals surface area (Å²) in [6.45, 7) is 8.01. The van der Waals surface area contributed by atoms with Gasteiger partial charge in [0.25, 0.3) is 0 Å². The van der Waals surface area contributed by atoms with Crippen LogP contribution in [0.3, 0.4) is 0 Å². The summed E-state index contributed by atoms with van der Waals surface area (Å²) >= 11 is 0. The number of ketones is 1. The highest BCUT2D eigenvalue weighted by Crippen LogP contribution is 2.17. The van der Waals surface area contributed by atoms with E-state index >= 15 is 0 Å². The van der Waals surface area contributed by atoms with Crippen LogP contribution >= 0.6 is 0 Å². The summed E-state index contributed by atoms with van der Waals surface area (Å²) in [4.78, 5) is 16.2. The van der Waals surface area contributed by atoms with Crippen molar-refractivity contribution in [2.45, 2.75) is 26.7 Å². The molecule has 0 aliphatic carbocycles. The Hall–Kier alpha value is -0.410. The molecular formula is C13H26N2O. The standard InChI is InChI=1S/C13H26N2O/c1-11(2)13(16)10-15-7-5-12(6-8-15)9-14(3)4/h11-12H,5-10H2,1-4H3. The van der Waals surface area contributed by atoms with E-state index in [2.05, 4.69) is 23.9 Å². The van der Waals surface area contributed by atoms with E-state index < -0.39 is 0 Å². The van der Waals surface area contributed by atoms with E-state index in [1.54, 1.807) is 0 Å². The highest BCUT2D eigenvalue weighted by Gasteiger charge is 2.21. The first kappa shape index (κ1) is 13.7. The summed E-state index contributed by atoms with van der Waals surface area (Å²) in [7, 11) is 4.27. The summed E-state index contributed by atoms with van der Waals surface area (Å²) in [6.07, 6.45) is 2.48. The molecule has 1 aliphatic rings. The molecule has 94 valence electrons. The molecule has 0 unspecified atom stereocenters. The quantitative estimate of drug-likeness (QED) is 0.709. The Morgan fingerprint density at radius 3 is 2.31 bits per heavy atom. The molecule has 0 saturated carbocycles. The molecule has 0 radical (unpaired) electrons. The molecule has 3 heteroatoms. The van der Waals surface area contributed by atoms with E-state index in [-0.39, 0.29) is 5.92 Å². The summed E-state index contributed by atoms with van der Waals surface area (Å²) < 4.78 is 0. The molecule has 0 bridgehead atoms. The number of likely N-dealkylation sites (tertiary alicyclic amines) is 1. The van der Waals surface area contributed by atoms with Crippen molar-refractivity contribution >= 4 is 5.78 Å². The van der Waals surface area contributed by atoms with Crippen LogP contribution in [0.15, 0.2) is 0 Å². The first-order valence-corrected chi connectivity index (χ1v) is 6.39. The third-order valence-corrected chi connectivity index (χ3v) is 3.35. The Balaban J connectivity index is 2.24. The lowest BCUT2D eigenvalue weighted by Gasteiger charge is -2.33. The van der Waals surface area contributed by atoms with Gasteiger partial charge in [-0.05, 0) is 45.9 Å². The van der Waals surface area contributed by atoms with Crippen LogP contribution in [0.25, 0.3) is 0 Å². The molecular weight excluding hydrogens is 200 g/mol. The lowest BCUT2D eigenvalue weighted by molar-refractivity contribution is -0.123. The summed E-state index contributed by atoms with van der Waals surface area (Å²) in [5.41, 5.74) is 0. The molecule has 0 aromatic rings. The summed E-state index contributed by atoms with van der Waals surface area (Å²) in [5.74, 6) is 1.38. The second-order valence-corrected chi connectivity index (χ2v) is 5.60. The number of rotatable bonds is 5. The number of hydrogen-bond acceptors (Lipinski definition) is 3. The topological polar surface area (TPSA) is 23.6 Å². The van der Waals surface area contributed by atoms with Crippen LogP contribution in [-0.4, -0.2) is 55.9 Å². The minimum atomic E-state index is 0.180. The van der Waals surface area contributed by atoms with E-state index in [1.807, 2.05) is 13.8 Å². The molecule has 1 rings (SSSR count). The van der Waals surface area contributed by atoms with E-state index in [9.17, 15) is 4.79 Å². The van der Waals surface area contributed by atoms with Crippen LogP contribution in [-0.2, 0) is 4.79 Å². The van der Waals surface area contributed by atoms with Gasteiger partial charge >= 0.3 is 0 Å². The second kappa shape index (κ2) is 6.36. The third-order valence-electron chi connectivity index (χ3n) is 3.35. The van der Waals surface area contributed by atoms with Crippen molar-refractivity contribution in [2.75, 3.05) is 40.3 Å². The van der Waals surface area contributed by atoms with Gasteiger partial charge in [0.05, 0.1) is 6.54 Å². The van der Waals surface area contributed by atoms with Crippen molar-refractivity contribution in [3.8, 4) is 0 Å². The molecule has 16 heavy (non-hydrogen) atoms. The fourth-order valence-electron chi connectivity index (χ4n) is 2.25. The Morgan fingerprint density at radius 1 is 1.31 bits per heavy atom. The highest BCUT2D eigenvalue weighted by molar-refractivity contribution is 5.82. The van der Waals surface area contributed by atoms with Gasteiger partial charge in [0.1, 0.15) is 5.78 Å². The summed E-state index contributed by atoms with van der Waals surface area (Å²) in [5, 5.41) is 0. The van der Waals surface area contributed by atoms with Gasteiger partial charge < -0.3 is 4.90 Å². The maximum absolute atomic E-state index is 11.6. The van der Waals surface area contributed by atoms with Crippen molar-refractivity contribution in [1.29, 1.82) is 0 Å². The molecule has 1 saturated heterocycles. The largest absolute Gasteiger partial charge is 0.309 e. The zero-order valence-electron chi connectivity index (χ0n) is 11.2. The van der Waals surface area contributed by atoms with Gasteiger partial charge in [-0.3, -0.25) is 9.69 Å². The van der Waals surface area contributed by atoms with Crippen LogP contribution in [0, 0.1) is 11.8 Å². The zero-order chi connectivity index (χ0) is 12.1. The highest BCUT2D eigenvalue weighted by atomic mass is 16.1. The Labute approximate surface area is 99.8 Å². The number of nitrogens with zero attached hydrogens (tertiary/aromatic N) is 2. The van der Waals surface area contributed by atoms with E-state index in [1.165, 1.54) is 19.4 Å². The molecule has 0 amide bonds. The first-order chi connectivity index (χ1) is 7.49. The average molecular weight is 226 g/mol. The SMILES string of the molecule is CC(C)C(=O)CN1CCC(CN(C)C)CC1. The predicted octanol–water partition coefficient (Wildman–Crippen LogP) is 1.49. The van der Waals surface area contributed by atoms with E-state index in [4.69, 9.17) is 0 Å². The minimum absolute atomic E-state index is 0.180. The van der Waals surface area contributed by atoms with Crippen LogP contribution in [0.4, 0.5) is 0 Å². The molecule has 0 aromatic carbocycles. The van der Waals surface area contributed by atoms with Gasteiger partial charge in [-0.2, -0.15) is 0 Å². The van der Waals surface area contributed by atoms with E-state index in [0.29, 0.717) is 12.3 Å². The van der Waals surface area contributed by atoms with Crippen LogP contribution in [0.5, 0.6) is 0 Å². The van der Waals surface area contributed by atoms with E-state index in [0.717, 1.165) is 19.0 Å². The van der Waals surface area contributed by atoms with Crippen LogP contribution < -0.4 is 0 Å². The normalized spacial score (nSPS) is 19.6. The molecule has 3 nitrogen and oxygen atoms in total. The monoisotopic (exact) mass is 226 g/mol. The molecule has 0 atom stereocenters. The number of hydrogen-bond donors (Lipinski definition) is 0. The van der Waals surface area contributed by atoms with Crippen molar-refractivity contribution in [1.82, 2.24) is 9.80 Å². The second-order valence-electron chi connectivity index (χ2n) is 5.60. The summed E-state index contributed by atoms with van der Waals surface area (Å²) in [6, 6.07) is 0. The number of piperidine rings is 1. The smallest absolute Gasteiger partial charge is 0.149 e. The van der Waals surface area contributed by atoms with Crippen LogP contribution in [0.2, 0.25) is 0 Å². The Kier molecular flexibility index (Phi) is 5.42. The predicted molar refractivity (Wildman–Crippen MR) is 67.6 cm³/mol. The number of Topliss-reactive ketones (excluding diaryl/α,β-unsaturated/α-hetero) is 1. The average Bonchev–Trinajstić information content (AvgIpc) is 2.20. The van der Waals surface area contributed by atoms with Crippen LogP contribution in [0.1, 0.15) is 26.7 Å². The minimum Gasteiger partial charge on any atom is -0.309 e. The molecule has 1 fully saturated rings. The molecule has 0 N–H and O–H groups in total. The van der Waals surface area contributed by atoms with Crippen molar-refractivity contribution in [2.24, 2.45) is 11.8 Å². The first-order valence-electron chi connectivity index (χ1n) is 6.39. The van der Waals surface area contributed by atoms with Crippen molar-refractivity contribution in [3.63, 3.8) is 0 Å². The third kappa shape index (κ3) is 4.62. The fraction of sp³-hybridized carbons (Fsp3) is 0.923. The zero-order valence-corrected chi connectivity index (χ0v) is 11.2. The van der Waals surface area contributed by atoms with Crippen molar-refractivity contribution < 1.29 is 4.79 Å².